The van der Waals surface area contributed by atoms with Crippen molar-refractivity contribution < 1.29 is 14.3 Å². The lowest BCUT2D eigenvalue weighted by molar-refractivity contribution is -0.119. The molecule has 1 amide bonds. The van der Waals surface area contributed by atoms with Crippen LogP contribution in [-0.2, 0) is 9.53 Å². The van der Waals surface area contributed by atoms with E-state index in [4.69, 9.17) is 16.3 Å². The number of anilines is 1. The third kappa shape index (κ3) is 4.58. The first-order chi connectivity index (χ1) is 10.5. The lowest BCUT2D eigenvalue weighted by Gasteiger charge is -2.08. The maximum atomic E-state index is 11.8. The van der Waals surface area contributed by atoms with Gasteiger partial charge >= 0.3 is 5.97 Å². The molecule has 0 spiro atoms. The van der Waals surface area contributed by atoms with Gasteiger partial charge in [0, 0.05) is 10.2 Å². The molecule has 6 heteroatoms. The summed E-state index contributed by atoms with van der Waals surface area (Å²) in [6, 6.07) is 12.0. The maximum absolute atomic E-state index is 11.8. The van der Waals surface area contributed by atoms with Crippen LogP contribution in [0.3, 0.4) is 0 Å². The van der Waals surface area contributed by atoms with Crippen molar-refractivity contribution in [1.29, 1.82) is 0 Å². The zero-order valence-corrected chi connectivity index (χ0v) is 14.1. The van der Waals surface area contributed by atoms with Gasteiger partial charge in [0.05, 0.1) is 10.6 Å². The molecule has 0 unspecified atom stereocenters. The third-order valence-corrected chi connectivity index (χ3v) is 4.02. The van der Waals surface area contributed by atoms with E-state index in [0.717, 1.165) is 10.0 Å². The van der Waals surface area contributed by atoms with Crippen LogP contribution in [0.25, 0.3) is 0 Å². The number of hydrogen-bond acceptors (Lipinski definition) is 3. The van der Waals surface area contributed by atoms with Crippen molar-refractivity contribution in [1.82, 2.24) is 0 Å². The highest BCUT2D eigenvalue weighted by atomic mass is 79.9. The van der Waals surface area contributed by atoms with E-state index in [1.807, 2.05) is 13.0 Å². The van der Waals surface area contributed by atoms with E-state index in [9.17, 15) is 9.59 Å². The minimum Gasteiger partial charge on any atom is -0.452 e. The molecule has 0 saturated carbocycles. The van der Waals surface area contributed by atoms with Gasteiger partial charge in [-0.15, -0.1) is 0 Å². The molecular weight excluding hydrogens is 370 g/mol. The number of benzene rings is 2. The standard InChI is InChI=1S/C16H13BrClNO3/c1-10-3-2-4-11(7-10)16(21)22-9-15(20)19-12-5-6-13(17)14(18)8-12/h2-8H,9H2,1H3,(H,19,20). The Morgan fingerprint density at radius 1 is 1.23 bits per heavy atom. The van der Waals surface area contributed by atoms with Crippen molar-refractivity contribution in [3.05, 3.63) is 63.1 Å². The van der Waals surface area contributed by atoms with E-state index >= 15 is 0 Å². The Morgan fingerprint density at radius 3 is 2.68 bits per heavy atom. The molecule has 4 nitrogen and oxygen atoms in total. The number of carbonyl (C=O) groups excluding carboxylic acids is 2. The molecular formula is C16H13BrClNO3. The highest BCUT2D eigenvalue weighted by molar-refractivity contribution is 9.10. The molecule has 0 aromatic heterocycles. The lowest BCUT2D eigenvalue weighted by Crippen LogP contribution is -2.20. The van der Waals surface area contributed by atoms with Crippen LogP contribution in [0.1, 0.15) is 15.9 Å². The maximum Gasteiger partial charge on any atom is 0.338 e. The first-order valence-electron chi connectivity index (χ1n) is 6.44. The molecule has 0 bridgehead atoms. The fraction of sp³-hybridized carbons (Fsp3) is 0.125. The highest BCUT2D eigenvalue weighted by Crippen LogP contribution is 2.25. The van der Waals surface area contributed by atoms with Crippen LogP contribution in [0.15, 0.2) is 46.9 Å². The largest absolute Gasteiger partial charge is 0.452 e. The third-order valence-electron chi connectivity index (χ3n) is 2.79. The van der Waals surface area contributed by atoms with Crippen molar-refractivity contribution in [2.45, 2.75) is 6.92 Å². The van der Waals surface area contributed by atoms with Crippen LogP contribution < -0.4 is 5.32 Å². The Morgan fingerprint density at radius 2 is 2.00 bits per heavy atom. The molecule has 0 aliphatic heterocycles. The van der Waals surface area contributed by atoms with Gasteiger partial charge in [-0.2, -0.15) is 0 Å². The highest BCUT2D eigenvalue weighted by Gasteiger charge is 2.11. The van der Waals surface area contributed by atoms with E-state index in [-0.39, 0.29) is 6.61 Å². The minimum absolute atomic E-state index is 0.361. The first kappa shape index (κ1) is 16.5. The van der Waals surface area contributed by atoms with Gasteiger partial charge in [0.2, 0.25) is 0 Å². The van der Waals surface area contributed by atoms with Gasteiger partial charge in [0.25, 0.3) is 5.91 Å². The van der Waals surface area contributed by atoms with Crippen LogP contribution in [0.2, 0.25) is 5.02 Å². The summed E-state index contributed by atoms with van der Waals surface area (Å²) in [5.74, 6) is -0.966. The molecule has 0 aliphatic rings. The number of nitrogens with one attached hydrogen (secondary N) is 1. The van der Waals surface area contributed by atoms with E-state index < -0.39 is 11.9 Å². The number of aryl methyl sites for hydroxylation is 1. The van der Waals surface area contributed by atoms with Crippen LogP contribution in [0, 0.1) is 6.92 Å². The van der Waals surface area contributed by atoms with Crippen LogP contribution in [0.5, 0.6) is 0 Å². The van der Waals surface area contributed by atoms with E-state index in [1.165, 1.54) is 0 Å². The Bertz CT molecular complexity index is 718. The Hall–Kier alpha value is -1.85. The van der Waals surface area contributed by atoms with Gasteiger partial charge in [0.15, 0.2) is 6.61 Å². The molecule has 114 valence electrons. The smallest absolute Gasteiger partial charge is 0.338 e. The predicted octanol–water partition coefficient (Wildman–Crippen LogP) is 4.21. The second-order valence-electron chi connectivity index (χ2n) is 4.62. The van der Waals surface area contributed by atoms with Crippen LogP contribution in [0.4, 0.5) is 5.69 Å². The molecule has 2 aromatic carbocycles. The SMILES string of the molecule is Cc1cccc(C(=O)OCC(=O)Nc2ccc(Br)c(Cl)c2)c1. The summed E-state index contributed by atoms with van der Waals surface area (Å²) in [4.78, 5) is 23.6. The number of rotatable bonds is 4. The van der Waals surface area contributed by atoms with Crippen molar-refractivity contribution in [3.63, 3.8) is 0 Å². The molecule has 0 fully saturated rings. The number of hydrogen-bond donors (Lipinski definition) is 1. The summed E-state index contributed by atoms with van der Waals surface area (Å²) in [6.45, 7) is 1.52. The van der Waals surface area contributed by atoms with E-state index in [0.29, 0.717) is 16.3 Å². The van der Waals surface area contributed by atoms with Crippen molar-refractivity contribution >= 4 is 45.1 Å². The molecule has 0 saturated heterocycles. The average Bonchev–Trinajstić information content (AvgIpc) is 2.48. The molecule has 0 aliphatic carbocycles. The molecule has 1 N–H and O–H groups in total. The van der Waals surface area contributed by atoms with Crippen LogP contribution in [-0.4, -0.2) is 18.5 Å². The minimum atomic E-state index is -0.535. The molecule has 2 aromatic rings. The Kier molecular flexibility index (Phi) is 5.57. The first-order valence-corrected chi connectivity index (χ1v) is 7.61. The monoisotopic (exact) mass is 381 g/mol. The van der Waals surface area contributed by atoms with Crippen LogP contribution >= 0.6 is 27.5 Å². The Balaban J connectivity index is 1.90. The molecule has 2 rings (SSSR count). The lowest BCUT2D eigenvalue weighted by atomic mass is 10.1. The average molecular weight is 383 g/mol. The van der Waals surface area contributed by atoms with Gasteiger partial charge < -0.3 is 10.1 Å². The van der Waals surface area contributed by atoms with E-state index in [1.54, 1.807) is 36.4 Å². The van der Waals surface area contributed by atoms with Gasteiger partial charge in [-0.05, 0) is 53.2 Å². The summed E-state index contributed by atoms with van der Waals surface area (Å²) in [7, 11) is 0. The molecule has 0 heterocycles. The number of carbonyl (C=O) groups is 2. The summed E-state index contributed by atoms with van der Waals surface area (Å²) < 4.78 is 5.71. The van der Waals surface area contributed by atoms with Gasteiger partial charge in [-0.3, -0.25) is 4.79 Å². The molecule has 0 radical (unpaired) electrons. The Labute approximate surface area is 141 Å². The van der Waals surface area contributed by atoms with Crippen molar-refractivity contribution in [3.8, 4) is 0 Å². The zero-order chi connectivity index (χ0) is 16.1. The number of ether oxygens (including phenoxy) is 1. The summed E-state index contributed by atoms with van der Waals surface area (Å²) in [5, 5.41) is 3.09. The fourth-order valence-electron chi connectivity index (χ4n) is 1.76. The number of halogens is 2. The summed E-state index contributed by atoms with van der Waals surface area (Å²) in [6.07, 6.45) is 0. The topological polar surface area (TPSA) is 55.4 Å². The zero-order valence-electron chi connectivity index (χ0n) is 11.7. The quantitative estimate of drug-likeness (QED) is 0.806. The number of amides is 1. The van der Waals surface area contributed by atoms with Crippen molar-refractivity contribution in [2.24, 2.45) is 0 Å². The van der Waals surface area contributed by atoms with E-state index in [2.05, 4.69) is 21.2 Å². The molecule has 22 heavy (non-hydrogen) atoms. The summed E-state index contributed by atoms with van der Waals surface area (Å²) in [5.41, 5.74) is 1.90. The molecule has 0 atom stereocenters. The van der Waals surface area contributed by atoms with Gasteiger partial charge in [0.1, 0.15) is 0 Å². The van der Waals surface area contributed by atoms with Gasteiger partial charge in [-0.25, -0.2) is 4.79 Å². The predicted molar refractivity (Wildman–Crippen MR) is 89.2 cm³/mol. The second kappa shape index (κ2) is 7.42. The second-order valence-corrected chi connectivity index (χ2v) is 5.88. The van der Waals surface area contributed by atoms with Gasteiger partial charge in [-0.1, -0.05) is 29.3 Å². The summed E-state index contributed by atoms with van der Waals surface area (Å²) >= 11 is 9.20. The normalized spacial score (nSPS) is 10.1. The number of esters is 1. The van der Waals surface area contributed by atoms with Crippen molar-refractivity contribution in [2.75, 3.05) is 11.9 Å². The fourth-order valence-corrected chi connectivity index (χ4v) is 2.18.